The van der Waals surface area contributed by atoms with E-state index in [1.807, 2.05) is 0 Å². The maximum atomic E-state index is 9.65. The zero-order valence-electron chi connectivity index (χ0n) is 15.0. The molecular weight excluding hydrogens is 328 g/mol. The summed E-state index contributed by atoms with van der Waals surface area (Å²) in [6.07, 6.45) is 1.78. The summed E-state index contributed by atoms with van der Waals surface area (Å²) >= 11 is 1.72. The van der Waals surface area contributed by atoms with Gasteiger partial charge in [-0.3, -0.25) is 0 Å². The van der Waals surface area contributed by atoms with Crippen molar-refractivity contribution in [3.8, 4) is 0 Å². The van der Waals surface area contributed by atoms with Crippen molar-refractivity contribution < 1.29 is 5.11 Å². The molecule has 0 spiro atoms. The summed E-state index contributed by atoms with van der Waals surface area (Å²) in [7, 11) is 0. The maximum Gasteiger partial charge on any atom is 0.168 e. The third-order valence-electron chi connectivity index (χ3n) is 4.39. The molecule has 0 radical (unpaired) electrons. The highest BCUT2D eigenvalue weighted by molar-refractivity contribution is 7.98. The number of imidazole rings is 1. The molecule has 1 heterocycles. The first-order valence-electron chi connectivity index (χ1n) is 8.46. The summed E-state index contributed by atoms with van der Waals surface area (Å²) in [5, 5.41) is 10.6. The number of aryl methyl sites for hydroxylation is 3. The Balaban J connectivity index is 1.80. The number of nitrogens with zero attached hydrogens (tertiary/aromatic N) is 2. The number of hydrogen-bond acceptors (Lipinski definition) is 3. The second-order valence-electron chi connectivity index (χ2n) is 6.48. The molecule has 0 aliphatic heterocycles. The molecule has 3 nitrogen and oxygen atoms in total. The smallest absolute Gasteiger partial charge is 0.168 e. The van der Waals surface area contributed by atoms with Gasteiger partial charge in [0.25, 0.3) is 0 Å². The Kier molecular flexibility index (Phi) is 5.61. The van der Waals surface area contributed by atoms with Gasteiger partial charge in [0.2, 0.25) is 0 Å². The van der Waals surface area contributed by atoms with Crippen LogP contribution in [0.25, 0.3) is 0 Å². The fourth-order valence-corrected chi connectivity index (χ4v) is 3.84. The molecule has 0 aliphatic rings. The summed E-state index contributed by atoms with van der Waals surface area (Å²) in [4.78, 5) is 4.53. The van der Waals surface area contributed by atoms with E-state index in [1.165, 1.54) is 27.8 Å². The topological polar surface area (TPSA) is 38.0 Å². The molecule has 0 unspecified atom stereocenters. The number of aliphatic hydroxyl groups excluding tert-OH is 1. The molecule has 0 atom stereocenters. The Morgan fingerprint density at radius 3 is 2.44 bits per heavy atom. The van der Waals surface area contributed by atoms with Crippen LogP contribution in [0.5, 0.6) is 0 Å². The maximum absolute atomic E-state index is 9.65. The molecule has 1 N–H and O–H groups in total. The van der Waals surface area contributed by atoms with Gasteiger partial charge < -0.3 is 9.67 Å². The molecule has 1 aromatic heterocycles. The first-order valence-corrected chi connectivity index (χ1v) is 9.45. The van der Waals surface area contributed by atoms with E-state index in [9.17, 15) is 5.11 Å². The van der Waals surface area contributed by atoms with E-state index in [-0.39, 0.29) is 6.61 Å². The van der Waals surface area contributed by atoms with E-state index in [1.54, 1.807) is 18.0 Å². The third-order valence-corrected chi connectivity index (χ3v) is 5.43. The lowest BCUT2D eigenvalue weighted by molar-refractivity contribution is 0.270. The molecule has 2 aromatic carbocycles. The summed E-state index contributed by atoms with van der Waals surface area (Å²) in [6.45, 7) is 7.09. The average molecular weight is 353 g/mol. The van der Waals surface area contributed by atoms with Crippen molar-refractivity contribution in [1.82, 2.24) is 9.55 Å². The lowest BCUT2D eigenvalue weighted by atomic mass is 10.1. The minimum Gasteiger partial charge on any atom is -0.390 e. The van der Waals surface area contributed by atoms with Crippen LogP contribution in [0, 0.1) is 20.8 Å². The SMILES string of the molecule is Cc1ccc(Cn2c(CO)cnc2SCc2cc(C)ccc2C)cc1. The van der Waals surface area contributed by atoms with Crippen LogP contribution in [0.4, 0.5) is 0 Å². The van der Waals surface area contributed by atoms with Crippen molar-refractivity contribution in [3.05, 3.63) is 82.2 Å². The van der Waals surface area contributed by atoms with Crippen molar-refractivity contribution in [1.29, 1.82) is 0 Å². The zero-order valence-corrected chi connectivity index (χ0v) is 15.8. The number of rotatable bonds is 6. The van der Waals surface area contributed by atoms with Crippen LogP contribution >= 0.6 is 11.8 Å². The molecule has 4 heteroatoms. The summed E-state index contributed by atoms with van der Waals surface area (Å²) in [5.74, 6) is 0.878. The molecule has 3 rings (SSSR count). The van der Waals surface area contributed by atoms with Crippen molar-refractivity contribution >= 4 is 11.8 Å². The standard InChI is InChI=1S/C21H24N2OS/c1-15-5-8-18(9-6-15)12-23-20(13-24)11-22-21(23)25-14-19-10-16(2)4-7-17(19)3/h4-11,24H,12-14H2,1-3H3. The molecular formula is C21H24N2OS. The van der Waals surface area contributed by atoms with E-state index in [0.29, 0.717) is 0 Å². The van der Waals surface area contributed by atoms with E-state index in [0.717, 1.165) is 23.1 Å². The van der Waals surface area contributed by atoms with Crippen LogP contribution in [0.1, 0.15) is 33.5 Å². The predicted octanol–water partition coefficient (Wildman–Crippen LogP) is 4.64. The molecule has 3 aromatic rings. The normalized spacial score (nSPS) is 11.0. The van der Waals surface area contributed by atoms with E-state index >= 15 is 0 Å². The van der Waals surface area contributed by atoms with Gasteiger partial charge in [-0.1, -0.05) is 65.4 Å². The quantitative estimate of drug-likeness (QED) is 0.657. The molecule has 0 saturated carbocycles. The molecule has 0 amide bonds. The van der Waals surface area contributed by atoms with Crippen LogP contribution in [0.3, 0.4) is 0 Å². The third kappa shape index (κ3) is 4.33. The molecule has 0 aliphatic carbocycles. The van der Waals surface area contributed by atoms with Crippen molar-refractivity contribution in [2.45, 2.75) is 44.8 Å². The number of hydrogen-bond donors (Lipinski definition) is 1. The van der Waals surface area contributed by atoms with Crippen LogP contribution in [0.15, 0.2) is 53.8 Å². The van der Waals surface area contributed by atoms with Gasteiger partial charge in [0.15, 0.2) is 5.16 Å². The van der Waals surface area contributed by atoms with Gasteiger partial charge in [-0.15, -0.1) is 0 Å². The summed E-state index contributed by atoms with van der Waals surface area (Å²) in [6, 6.07) is 15.1. The Bertz CT molecular complexity index is 853. The lowest BCUT2D eigenvalue weighted by Gasteiger charge is -2.12. The fraction of sp³-hybridized carbons (Fsp3) is 0.286. The fourth-order valence-electron chi connectivity index (χ4n) is 2.78. The average Bonchev–Trinajstić information content (AvgIpc) is 2.99. The first-order chi connectivity index (χ1) is 12.1. The highest BCUT2D eigenvalue weighted by Crippen LogP contribution is 2.26. The van der Waals surface area contributed by atoms with Gasteiger partial charge >= 0.3 is 0 Å². The minimum absolute atomic E-state index is 0.00287. The van der Waals surface area contributed by atoms with E-state index in [2.05, 4.69) is 72.8 Å². The molecule has 0 fully saturated rings. The summed E-state index contributed by atoms with van der Waals surface area (Å²) in [5.41, 5.74) is 7.23. The summed E-state index contributed by atoms with van der Waals surface area (Å²) < 4.78 is 2.11. The molecule has 0 bridgehead atoms. The molecule has 0 saturated heterocycles. The Hall–Kier alpha value is -2.04. The Labute approximate surface area is 153 Å². The number of aromatic nitrogens is 2. The van der Waals surface area contributed by atoms with Crippen LogP contribution < -0.4 is 0 Å². The highest BCUT2D eigenvalue weighted by atomic mass is 32.2. The number of aliphatic hydroxyl groups is 1. The van der Waals surface area contributed by atoms with Gasteiger partial charge in [0.05, 0.1) is 18.5 Å². The van der Waals surface area contributed by atoms with Crippen molar-refractivity contribution in [3.63, 3.8) is 0 Å². The lowest BCUT2D eigenvalue weighted by Crippen LogP contribution is -2.06. The second-order valence-corrected chi connectivity index (χ2v) is 7.42. The van der Waals surface area contributed by atoms with Crippen molar-refractivity contribution in [2.75, 3.05) is 0 Å². The molecule has 130 valence electrons. The largest absolute Gasteiger partial charge is 0.390 e. The van der Waals surface area contributed by atoms with Gasteiger partial charge in [0.1, 0.15) is 0 Å². The van der Waals surface area contributed by atoms with Gasteiger partial charge in [-0.2, -0.15) is 0 Å². The van der Waals surface area contributed by atoms with Gasteiger partial charge in [-0.25, -0.2) is 4.98 Å². The predicted molar refractivity (Wildman–Crippen MR) is 104 cm³/mol. The van der Waals surface area contributed by atoms with Crippen LogP contribution in [-0.2, 0) is 18.9 Å². The van der Waals surface area contributed by atoms with Crippen molar-refractivity contribution in [2.24, 2.45) is 0 Å². The van der Waals surface area contributed by atoms with Crippen LogP contribution in [0.2, 0.25) is 0 Å². The van der Waals surface area contributed by atoms with Crippen LogP contribution in [-0.4, -0.2) is 14.7 Å². The van der Waals surface area contributed by atoms with E-state index < -0.39 is 0 Å². The Morgan fingerprint density at radius 1 is 1.00 bits per heavy atom. The minimum atomic E-state index is 0.00287. The number of thioether (sulfide) groups is 1. The monoisotopic (exact) mass is 352 g/mol. The number of benzene rings is 2. The Morgan fingerprint density at radius 2 is 1.72 bits per heavy atom. The van der Waals surface area contributed by atoms with E-state index in [4.69, 9.17) is 0 Å². The first kappa shape index (κ1) is 17.8. The van der Waals surface area contributed by atoms with Gasteiger partial charge in [0, 0.05) is 12.3 Å². The second kappa shape index (κ2) is 7.89. The highest BCUT2D eigenvalue weighted by Gasteiger charge is 2.11. The zero-order chi connectivity index (χ0) is 17.8. The molecule has 25 heavy (non-hydrogen) atoms. The van der Waals surface area contributed by atoms with Gasteiger partial charge in [-0.05, 0) is 37.5 Å².